The van der Waals surface area contributed by atoms with E-state index in [4.69, 9.17) is 23.2 Å². The third-order valence-corrected chi connectivity index (χ3v) is 10.1. The lowest BCUT2D eigenvalue weighted by Crippen LogP contribution is -2.54. The highest BCUT2D eigenvalue weighted by molar-refractivity contribution is 7.92. The molecule has 1 atom stereocenters. The van der Waals surface area contributed by atoms with Crippen molar-refractivity contribution in [3.05, 3.63) is 94.0 Å². The van der Waals surface area contributed by atoms with Gasteiger partial charge in [0, 0.05) is 12.6 Å². The number of nitrogens with zero attached hydrogens (tertiary/aromatic N) is 2. The molecule has 1 aliphatic carbocycles. The molecule has 0 aliphatic heterocycles. The van der Waals surface area contributed by atoms with Gasteiger partial charge in [0.25, 0.3) is 10.0 Å². The first-order valence-corrected chi connectivity index (χ1v) is 16.5. The Morgan fingerprint density at radius 1 is 0.929 bits per heavy atom. The van der Waals surface area contributed by atoms with Crippen LogP contribution < -0.4 is 9.62 Å². The number of carbonyl (C=O) groups is 2. The Kier molecular flexibility index (Phi) is 10.9. The fraction of sp³-hybridized carbons (Fsp3) is 0.375. The van der Waals surface area contributed by atoms with E-state index >= 15 is 0 Å². The molecule has 1 saturated carbocycles. The van der Waals surface area contributed by atoms with E-state index in [9.17, 15) is 18.0 Å². The van der Waals surface area contributed by atoms with Crippen LogP contribution in [-0.2, 0) is 26.2 Å². The van der Waals surface area contributed by atoms with Gasteiger partial charge in [0.15, 0.2) is 0 Å². The number of hydrogen-bond acceptors (Lipinski definition) is 4. The molecule has 0 unspecified atom stereocenters. The van der Waals surface area contributed by atoms with Crippen molar-refractivity contribution in [2.45, 2.75) is 75.9 Å². The second kappa shape index (κ2) is 14.4. The molecule has 0 bridgehead atoms. The van der Waals surface area contributed by atoms with Gasteiger partial charge in [-0.05, 0) is 62.1 Å². The van der Waals surface area contributed by atoms with Gasteiger partial charge < -0.3 is 10.2 Å². The summed E-state index contributed by atoms with van der Waals surface area (Å²) in [6.07, 6.45) is 5.46. The number of benzene rings is 3. The zero-order valence-electron chi connectivity index (χ0n) is 23.9. The fourth-order valence-corrected chi connectivity index (χ4v) is 7.08. The molecule has 0 aromatic heterocycles. The summed E-state index contributed by atoms with van der Waals surface area (Å²) in [7, 11) is -4.18. The minimum absolute atomic E-state index is 0.0242. The van der Waals surface area contributed by atoms with E-state index < -0.39 is 28.5 Å². The van der Waals surface area contributed by atoms with E-state index in [-0.39, 0.29) is 39.1 Å². The van der Waals surface area contributed by atoms with Crippen LogP contribution in [0.4, 0.5) is 5.69 Å². The van der Waals surface area contributed by atoms with Gasteiger partial charge in [-0.2, -0.15) is 0 Å². The number of amides is 2. The summed E-state index contributed by atoms with van der Waals surface area (Å²) in [6.45, 7) is 3.44. The van der Waals surface area contributed by atoms with Crippen LogP contribution in [0.5, 0.6) is 0 Å². The molecule has 0 radical (unpaired) electrons. The van der Waals surface area contributed by atoms with Crippen molar-refractivity contribution in [1.29, 1.82) is 0 Å². The van der Waals surface area contributed by atoms with Crippen LogP contribution in [0.3, 0.4) is 0 Å². The summed E-state index contributed by atoms with van der Waals surface area (Å²) >= 11 is 12.4. The number of rotatable bonds is 11. The maximum atomic E-state index is 14.2. The number of sulfonamides is 1. The Labute approximate surface area is 258 Å². The van der Waals surface area contributed by atoms with Gasteiger partial charge in [-0.15, -0.1) is 0 Å². The van der Waals surface area contributed by atoms with Gasteiger partial charge in [0.1, 0.15) is 12.6 Å². The smallest absolute Gasteiger partial charge is 0.264 e. The fourth-order valence-electron chi connectivity index (χ4n) is 5.36. The largest absolute Gasteiger partial charge is 0.352 e. The monoisotopic (exact) mass is 629 g/mol. The summed E-state index contributed by atoms with van der Waals surface area (Å²) in [6, 6.07) is 19.3. The Morgan fingerprint density at radius 3 is 2.29 bits per heavy atom. The molecule has 0 saturated heterocycles. The highest BCUT2D eigenvalue weighted by Crippen LogP contribution is 2.31. The second-order valence-corrected chi connectivity index (χ2v) is 13.4. The SMILES string of the molecule is CC[C@H](C(=O)NC1CCCCC1)N(Cc1cccc(C)c1)C(=O)CN(c1ccc(Cl)c(Cl)c1)S(=O)(=O)c1ccccc1. The van der Waals surface area contributed by atoms with Crippen molar-refractivity contribution in [1.82, 2.24) is 10.2 Å². The van der Waals surface area contributed by atoms with Crippen LogP contribution >= 0.6 is 23.2 Å². The number of anilines is 1. The van der Waals surface area contributed by atoms with Gasteiger partial charge in [0.05, 0.1) is 20.6 Å². The van der Waals surface area contributed by atoms with Crippen molar-refractivity contribution < 1.29 is 18.0 Å². The summed E-state index contributed by atoms with van der Waals surface area (Å²) in [5.41, 5.74) is 2.06. The maximum absolute atomic E-state index is 14.2. The topological polar surface area (TPSA) is 86.8 Å². The number of hydrogen-bond donors (Lipinski definition) is 1. The van der Waals surface area contributed by atoms with Crippen molar-refractivity contribution >= 4 is 50.7 Å². The summed E-state index contributed by atoms with van der Waals surface area (Å²) in [5, 5.41) is 3.58. The Balaban J connectivity index is 1.71. The molecule has 2 amide bonds. The van der Waals surface area contributed by atoms with Crippen molar-refractivity contribution in [2.75, 3.05) is 10.8 Å². The van der Waals surface area contributed by atoms with E-state index in [0.29, 0.717) is 6.42 Å². The van der Waals surface area contributed by atoms with Crippen LogP contribution in [-0.4, -0.2) is 43.8 Å². The predicted molar refractivity (Wildman–Crippen MR) is 168 cm³/mol. The first kappa shape index (κ1) is 31.9. The van der Waals surface area contributed by atoms with Crippen molar-refractivity contribution in [3.8, 4) is 0 Å². The van der Waals surface area contributed by atoms with E-state index in [1.807, 2.05) is 38.1 Å². The van der Waals surface area contributed by atoms with Crippen LogP contribution in [0, 0.1) is 6.92 Å². The van der Waals surface area contributed by atoms with E-state index in [2.05, 4.69) is 5.32 Å². The highest BCUT2D eigenvalue weighted by atomic mass is 35.5. The molecule has 0 spiro atoms. The van der Waals surface area contributed by atoms with Crippen LogP contribution in [0.15, 0.2) is 77.7 Å². The highest BCUT2D eigenvalue weighted by Gasteiger charge is 2.34. The number of carbonyl (C=O) groups excluding carboxylic acids is 2. The van der Waals surface area contributed by atoms with Gasteiger partial charge in [-0.3, -0.25) is 13.9 Å². The lowest BCUT2D eigenvalue weighted by molar-refractivity contribution is -0.140. The van der Waals surface area contributed by atoms with E-state index in [1.165, 1.54) is 35.2 Å². The van der Waals surface area contributed by atoms with Crippen molar-refractivity contribution in [3.63, 3.8) is 0 Å². The Hall–Kier alpha value is -3.07. The van der Waals surface area contributed by atoms with Crippen molar-refractivity contribution in [2.24, 2.45) is 0 Å². The molecule has 42 heavy (non-hydrogen) atoms. The normalized spacial score (nSPS) is 14.7. The number of nitrogens with one attached hydrogen (secondary N) is 1. The number of halogens is 2. The second-order valence-electron chi connectivity index (χ2n) is 10.7. The first-order valence-electron chi connectivity index (χ1n) is 14.3. The maximum Gasteiger partial charge on any atom is 0.264 e. The minimum atomic E-state index is -4.18. The van der Waals surface area contributed by atoms with Gasteiger partial charge in [0.2, 0.25) is 11.8 Å². The zero-order chi connectivity index (χ0) is 30.3. The minimum Gasteiger partial charge on any atom is -0.352 e. The molecule has 10 heteroatoms. The summed E-state index contributed by atoms with van der Waals surface area (Å²) in [4.78, 5) is 29.4. The molecule has 3 aromatic carbocycles. The average molecular weight is 631 g/mol. The van der Waals surface area contributed by atoms with Gasteiger partial charge >= 0.3 is 0 Å². The number of aryl methyl sites for hydroxylation is 1. The summed E-state index contributed by atoms with van der Waals surface area (Å²) in [5.74, 6) is -0.731. The molecule has 1 aliphatic rings. The Bertz CT molecular complexity index is 1490. The van der Waals surface area contributed by atoms with Gasteiger partial charge in [-0.25, -0.2) is 8.42 Å². The third kappa shape index (κ3) is 7.85. The molecule has 3 aromatic rings. The van der Waals surface area contributed by atoms with Crippen LogP contribution in [0.25, 0.3) is 0 Å². The Morgan fingerprint density at radius 2 is 1.64 bits per heavy atom. The van der Waals surface area contributed by atoms with E-state index in [0.717, 1.165) is 47.5 Å². The molecule has 0 heterocycles. The van der Waals surface area contributed by atoms with Crippen LogP contribution in [0.1, 0.15) is 56.6 Å². The van der Waals surface area contributed by atoms with Gasteiger partial charge in [-0.1, -0.05) is 97.4 Å². The molecule has 7 nitrogen and oxygen atoms in total. The standard InChI is InChI=1S/C32H37Cl2N3O4S/c1-3-30(32(39)35-25-13-6-4-7-14-25)36(21-24-12-10-11-23(2)19-24)31(38)22-37(26-17-18-28(33)29(34)20-26)42(40,41)27-15-8-5-9-16-27/h5,8-12,15-20,25,30H,3-4,6-7,13-14,21-22H2,1-2H3,(H,35,39)/t30-/m1/s1. The van der Waals surface area contributed by atoms with Crippen LogP contribution in [0.2, 0.25) is 10.0 Å². The summed E-state index contributed by atoms with van der Waals surface area (Å²) < 4.78 is 28.9. The molecule has 1 N–H and O–H groups in total. The lowest BCUT2D eigenvalue weighted by atomic mass is 9.95. The molecule has 224 valence electrons. The molecule has 1 fully saturated rings. The molecule has 4 rings (SSSR count). The third-order valence-electron chi connectivity index (χ3n) is 7.57. The quantitative estimate of drug-likeness (QED) is 0.254. The first-order chi connectivity index (χ1) is 20.1. The molecular formula is C32H37Cl2N3O4S. The van der Waals surface area contributed by atoms with E-state index in [1.54, 1.807) is 18.2 Å². The predicted octanol–water partition coefficient (Wildman–Crippen LogP) is 6.75. The molecular weight excluding hydrogens is 593 g/mol. The average Bonchev–Trinajstić information content (AvgIpc) is 2.98. The zero-order valence-corrected chi connectivity index (χ0v) is 26.3. The lowest BCUT2D eigenvalue weighted by Gasteiger charge is -2.34.